The number of fused-ring (bicyclic) bond motifs is 1. The minimum Gasteiger partial charge on any atom is -0.366 e. The van der Waals surface area contributed by atoms with Crippen molar-refractivity contribution in [3.8, 4) is 0 Å². The summed E-state index contributed by atoms with van der Waals surface area (Å²) in [5.41, 5.74) is 8.22. The number of aromatic nitrogens is 3. The van der Waals surface area contributed by atoms with Crippen molar-refractivity contribution in [1.29, 1.82) is 0 Å². The highest BCUT2D eigenvalue weighted by molar-refractivity contribution is 6.14. The molecule has 4 rings (SSSR count). The van der Waals surface area contributed by atoms with Gasteiger partial charge >= 0.3 is 0 Å². The second kappa shape index (κ2) is 6.50. The largest absolute Gasteiger partial charge is 0.366 e. The van der Waals surface area contributed by atoms with Crippen molar-refractivity contribution in [3.05, 3.63) is 53.3 Å². The summed E-state index contributed by atoms with van der Waals surface area (Å²) in [6.07, 6.45) is 3.84. The summed E-state index contributed by atoms with van der Waals surface area (Å²) in [5, 5.41) is 7.93. The van der Waals surface area contributed by atoms with E-state index in [1.54, 1.807) is 30.5 Å². The number of rotatable bonds is 5. The van der Waals surface area contributed by atoms with Crippen molar-refractivity contribution in [2.45, 2.75) is 38.6 Å². The van der Waals surface area contributed by atoms with E-state index in [2.05, 4.69) is 10.4 Å². The summed E-state index contributed by atoms with van der Waals surface area (Å²) in [7, 11) is 0. The third-order valence-electron chi connectivity index (χ3n) is 4.76. The molecule has 7 heteroatoms. The van der Waals surface area contributed by atoms with Gasteiger partial charge < -0.3 is 11.1 Å². The molecule has 0 unspecified atom stereocenters. The van der Waals surface area contributed by atoms with Crippen LogP contribution in [0.1, 0.15) is 65.1 Å². The van der Waals surface area contributed by atoms with Crippen LogP contribution in [0.15, 0.2) is 36.5 Å². The SMILES string of the molecule is CC(C)n1ncc2c(C(=O)Nc3ccccc3C(N)=O)cc(C3CC3)nc21. The van der Waals surface area contributed by atoms with Gasteiger partial charge in [0.25, 0.3) is 11.8 Å². The molecule has 3 aromatic rings. The van der Waals surface area contributed by atoms with E-state index in [0.717, 1.165) is 18.5 Å². The second-order valence-electron chi connectivity index (χ2n) is 7.15. The molecule has 27 heavy (non-hydrogen) atoms. The van der Waals surface area contributed by atoms with Crippen molar-refractivity contribution >= 4 is 28.5 Å². The first-order valence-corrected chi connectivity index (χ1v) is 9.04. The molecule has 0 saturated heterocycles. The van der Waals surface area contributed by atoms with E-state index in [1.807, 2.05) is 24.6 Å². The molecule has 1 aliphatic rings. The van der Waals surface area contributed by atoms with Crippen LogP contribution in [0.2, 0.25) is 0 Å². The first-order chi connectivity index (χ1) is 13.0. The Bertz CT molecular complexity index is 1050. The fourth-order valence-electron chi connectivity index (χ4n) is 3.19. The van der Waals surface area contributed by atoms with Crippen molar-refractivity contribution < 1.29 is 9.59 Å². The number of para-hydroxylation sites is 1. The number of primary amides is 1. The molecule has 0 atom stereocenters. The molecule has 2 amide bonds. The maximum atomic E-state index is 13.0. The van der Waals surface area contributed by atoms with Gasteiger partial charge in [-0.3, -0.25) is 9.59 Å². The van der Waals surface area contributed by atoms with E-state index >= 15 is 0 Å². The number of hydrogen-bond donors (Lipinski definition) is 2. The Balaban J connectivity index is 1.79. The average Bonchev–Trinajstić information content (AvgIpc) is 3.40. The predicted octanol–water partition coefficient (Wildman–Crippen LogP) is 3.24. The molecule has 0 spiro atoms. The number of benzene rings is 1. The third kappa shape index (κ3) is 3.16. The van der Waals surface area contributed by atoms with Gasteiger partial charge in [0.2, 0.25) is 0 Å². The molecular formula is C20H21N5O2. The molecule has 0 radical (unpaired) electrons. The second-order valence-corrected chi connectivity index (χ2v) is 7.15. The molecule has 3 N–H and O–H groups in total. The van der Waals surface area contributed by atoms with Gasteiger partial charge in [-0.15, -0.1) is 0 Å². The average molecular weight is 363 g/mol. The minimum absolute atomic E-state index is 0.135. The fourth-order valence-corrected chi connectivity index (χ4v) is 3.19. The van der Waals surface area contributed by atoms with Crippen molar-refractivity contribution in [2.24, 2.45) is 5.73 Å². The summed E-state index contributed by atoms with van der Waals surface area (Å²) in [4.78, 5) is 29.4. The van der Waals surface area contributed by atoms with Crippen LogP contribution in [0.25, 0.3) is 11.0 Å². The lowest BCUT2D eigenvalue weighted by atomic mass is 10.1. The standard InChI is InChI=1S/C20H21N5O2/c1-11(2)25-19-15(10-22-25)14(9-17(23-19)12-7-8-12)20(27)24-16-6-4-3-5-13(16)18(21)26/h3-6,9-12H,7-8H2,1-2H3,(H2,21,26)(H,24,27). The van der Waals surface area contributed by atoms with E-state index in [4.69, 9.17) is 10.7 Å². The first-order valence-electron chi connectivity index (χ1n) is 9.04. The van der Waals surface area contributed by atoms with E-state index < -0.39 is 5.91 Å². The van der Waals surface area contributed by atoms with Gasteiger partial charge in [0.05, 0.1) is 28.4 Å². The van der Waals surface area contributed by atoms with Crippen LogP contribution in [0.5, 0.6) is 0 Å². The van der Waals surface area contributed by atoms with Crippen LogP contribution in [0, 0.1) is 0 Å². The number of nitrogens with two attached hydrogens (primary N) is 1. The number of carbonyl (C=O) groups is 2. The maximum absolute atomic E-state index is 13.0. The number of carbonyl (C=O) groups excluding carboxylic acids is 2. The lowest BCUT2D eigenvalue weighted by Gasteiger charge is -2.12. The van der Waals surface area contributed by atoms with Gasteiger partial charge in [-0.25, -0.2) is 9.67 Å². The number of amides is 2. The molecule has 0 bridgehead atoms. The topological polar surface area (TPSA) is 103 Å². The zero-order chi connectivity index (χ0) is 19.1. The van der Waals surface area contributed by atoms with Gasteiger partial charge in [0.1, 0.15) is 0 Å². The number of hydrogen-bond acceptors (Lipinski definition) is 4. The van der Waals surface area contributed by atoms with Crippen LogP contribution >= 0.6 is 0 Å². The molecule has 2 heterocycles. The third-order valence-corrected chi connectivity index (χ3v) is 4.76. The molecule has 1 saturated carbocycles. The quantitative estimate of drug-likeness (QED) is 0.726. The summed E-state index contributed by atoms with van der Waals surface area (Å²) in [5.74, 6) is -0.493. The molecular weight excluding hydrogens is 342 g/mol. The molecule has 2 aromatic heterocycles. The molecule has 0 aliphatic heterocycles. The van der Waals surface area contributed by atoms with Crippen molar-refractivity contribution in [2.75, 3.05) is 5.32 Å². The normalized spacial score (nSPS) is 13.9. The summed E-state index contributed by atoms with van der Waals surface area (Å²) >= 11 is 0. The number of pyridine rings is 1. The summed E-state index contributed by atoms with van der Waals surface area (Å²) in [6, 6.07) is 8.68. The monoisotopic (exact) mass is 363 g/mol. The number of anilines is 1. The van der Waals surface area contributed by atoms with E-state index in [-0.39, 0.29) is 17.5 Å². The Kier molecular flexibility index (Phi) is 4.14. The van der Waals surface area contributed by atoms with Gasteiger partial charge in [0, 0.05) is 17.7 Å². The fraction of sp³-hybridized carbons (Fsp3) is 0.300. The Labute approximate surface area is 156 Å². The Morgan fingerprint density at radius 2 is 1.96 bits per heavy atom. The number of nitrogens with zero attached hydrogens (tertiary/aromatic N) is 3. The number of nitrogens with one attached hydrogen (secondary N) is 1. The molecule has 1 fully saturated rings. The molecule has 1 aromatic carbocycles. The highest BCUT2D eigenvalue weighted by Crippen LogP contribution is 2.40. The van der Waals surface area contributed by atoms with Gasteiger partial charge in [-0.05, 0) is 44.9 Å². The molecule has 7 nitrogen and oxygen atoms in total. The zero-order valence-electron chi connectivity index (χ0n) is 15.3. The van der Waals surface area contributed by atoms with Crippen LogP contribution in [-0.2, 0) is 0 Å². The predicted molar refractivity (Wildman–Crippen MR) is 103 cm³/mol. The van der Waals surface area contributed by atoms with Crippen molar-refractivity contribution in [3.63, 3.8) is 0 Å². The lowest BCUT2D eigenvalue weighted by molar-refractivity contribution is 0.100. The smallest absolute Gasteiger partial charge is 0.256 e. The summed E-state index contributed by atoms with van der Waals surface area (Å²) in [6.45, 7) is 4.06. The van der Waals surface area contributed by atoms with Crippen LogP contribution < -0.4 is 11.1 Å². The molecule has 138 valence electrons. The Hall–Kier alpha value is -3.22. The van der Waals surface area contributed by atoms with Crippen LogP contribution in [0.3, 0.4) is 0 Å². The highest BCUT2D eigenvalue weighted by atomic mass is 16.2. The van der Waals surface area contributed by atoms with E-state index in [9.17, 15) is 9.59 Å². The van der Waals surface area contributed by atoms with Gasteiger partial charge in [-0.2, -0.15) is 5.10 Å². The lowest BCUT2D eigenvalue weighted by Crippen LogP contribution is -2.18. The van der Waals surface area contributed by atoms with E-state index in [1.165, 1.54) is 0 Å². The van der Waals surface area contributed by atoms with Gasteiger partial charge in [0.15, 0.2) is 5.65 Å². The highest BCUT2D eigenvalue weighted by Gasteiger charge is 2.28. The Morgan fingerprint density at radius 3 is 2.63 bits per heavy atom. The molecule has 1 aliphatic carbocycles. The van der Waals surface area contributed by atoms with Crippen LogP contribution in [0.4, 0.5) is 5.69 Å². The van der Waals surface area contributed by atoms with Crippen LogP contribution in [-0.4, -0.2) is 26.6 Å². The first kappa shape index (κ1) is 17.2. The minimum atomic E-state index is -0.586. The zero-order valence-corrected chi connectivity index (χ0v) is 15.3. The van der Waals surface area contributed by atoms with Crippen molar-refractivity contribution in [1.82, 2.24) is 14.8 Å². The maximum Gasteiger partial charge on any atom is 0.256 e. The van der Waals surface area contributed by atoms with E-state index in [0.29, 0.717) is 28.2 Å². The Morgan fingerprint density at radius 1 is 1.22 bits per heavy atom. The summed E-state index contributed by atoms with van der Waals surface area (Å²) < 4.78 is 1.83. The van der Waals surface area contributed by atoms with Gasteiger partial charge in [-0.1, -0.05) is 12.1 Å².